The molecule has 0 amide bonds. The highest BCUT2D eigenvalue weighted by atomic mass is 35.5. The van der Waals surface area contributed by atoms with E-state index in [1.54, 1.807) is 21.8 Å². The third-order valence-electron chi connectivity index (χ3n) is 4.21. The Kier molecular flexibility index (Phi) is 8.42. The number of hydrogen-bond acceptors (Lipinski definition) is 5. The summed E-state index contributed by atoms with van der Waals surface area (Å²) in [6.45, 7) is 2.64. The van der Waals surface area contributed by atoms with Crippen LogP contribution in [0.15, 0.2) is 59.9 Å². The maximum absolute atomic E-state index is 5.79. The second-order valence-electron chi connectivity index (χ2n) is 6.44. The fraction of sp³-hybridized carbons (Fsp3) is 0.261. The molecule has 150 valence electrons. The maximum atomic E-state index is 5.79. The topological polar surface area (TPSA) is 24.6 Å². The first-order valence-corrected chi connectivity index (χ1v) is 12.3. The van der Waals surface area contributed by atoms with Crippen LogP contribution < -0.4 is 0 Å². The third kappa shape index (κ3) is 7.08. The number of halogens is 1. The molecule has 0 spiro atoms. The molecule has 0 atom stereocenters. The molecule has 0 radical (unpaired) electrons. The monoisotopic (exact) mass is 442 g/mol. The maximum Gasteiger partial charge on any atom is 0.117 e. The van der Waals surface area contributed by atoms with Gasteiger partial charge in [0.05, 0.1) is 11.4 Å². The molecular weight excluding hydrogens is 420 g/mol. The van der Waals surface area contributed by atoms with Crippen LogP contribution in [0.25, 0.3) is 5.70 Å². The molecule has 0 N–H and O–H groups in total. The van der Waals surface area contributed by atoms with Crippen LogP contribution in [-0.4, -0.2) is 22.9 Å². The summed E-state index contributed by atoms with van der Waals surface area (Å²) >= 11 is 5.79. The SMILES string of the molecule is C/C1=N\OCCCCC#Cc2cccc1c2.CSSN1C=C1c1ccc(Cl)cc1. The molecule has 29 heavy (non-hydrogen) atoms. The lowest BCUT2D eigenvalue weighted by Gasteiger charge is -2.03. The molecule has 6 heteroatoms. The molecule has 2 aromatic rings. The highest BCUT2D eigenvalue weighted by Crippen LogP contribution is 2.42. The van der Waals surface area contributed by atoms with Gasteiger partial charge < -0.3 is 4.84 Å². The van der Waals surface area contributed by atoms with Crippen molar-refractivity contribution in [1.82, 2.24) is 4.31 Å². The number of fused-ring (bicyclic) bond motifs is 2. The van der Waals surface area contributed by atoms with Gasteiger partial charge in [0.15, 0.2) is 0 Å². The van der Waals surface area contributed by atoms with Crippen LogP contribution in [0.4, 0.5) is 0 Å². The van der Waals surface area contributed by atoms with Crippen LogP contribution in [-0.2, 0) is 4.84 Å². The van der Waals surface area contributed by atoms with E-state index in [-0.39, 0.29) is 0 Å². The van der Waals surface area contributed by atoms with Crippen molar-refractivity contribution in [3.8, 4) is 11.8 Å². The highest BCUT2D eigenvalue weighted by Gasteiger charge is 2.22. The van der Waals surface area contributed by atoms with Crippen LogP contribution in [0.5, 0.6) is 0 Å². The molecule has 0 fully saturated rings. The average Bonchev–Trinajstić information content (AvgIpc) is 3.50. The van der Waals surface area contributed by atoms with E-state index in [9.17, 15) is 0 Å². The van der Waals surface area contributed by atoms with E-state index in [2.05, 4.69) is 39.8 Å². The average molecular weight is 443 g/mol. The lowest BCUT2D eigenvalue weighted by molar-refractivity contribution is 0.140. The Morgan fingerprint density at radius 2 is 1.93 bits per heavy atom. The Morgan fingerprint density at radius 3 is 2.72 bits per heavy atom. The van der Waals surface area contributed by atoms with Gasteiger partial charge in [0.1, 0.15) is 6.61 Å². The molecule has 0 saturated heterocycles. The zero-order valence-corrected chi connectivity index (χ0v) is 18.9. The van der Waals surface area contributed by atoms with E-state index in [1.165, 1.54) is 11.3 Å². The van der Waals surface area contributed by atoms with E-state index in [1.807, 2.05) is 49.4 Å². The van der Waals surface area contributed by atoms with Crippen molar-refractivity contribution in [3.63, 3.8) is 0 Å². The zero-order chi connectivity index (χ0) is 20.5. The molecule has 0 unspecified atom stereocenters. The first-order chi connectivity index (χ1) is 14.2. The van der Waals surface area contributed by atoms with E-state index in [0.717, 1.165) is 41.1 Å². The van der Waals surface area contributed by atoms with Crippen LogP contribution in [0.1, 0.15) is 42.9 Å². The summed E-state index contributed by atoms with van der Waals surface area (Å²) in [6, 6.07) is 16.0. The molecule has 3 nitrogen and oxygen atoms in total. The predicted octanol–water partition coefficient (Wildman–Crippen LogP) is 6.84. The van der Waals surface area contributed by atoms with E-state index < -0.39 is 0 Å². The predicted molar refractivity (Wildman–Crippen MR) is 128 cm³/mol. The van der Waals surface area contributed by atoms with Crippen molar-refractivity contribution < 1.29 is 4.84 Å². The molecule has 2 bridgehead atoms. The largest absolute Gasteiger partial charge is 0.396 e. The van der Waals surface area contributed by atoms with Crippen molar-refractivity contribution in [2.24, 2.45) is 5.16 Å². The summed E-state index contributed by atoms with van der Waals surface area (Å²) in [5.41, 5.74) is 5.53. The van der Waals surface area contributed by atoms with Gasteiger partial charge in [-0.25, -0.2) is 0 Å². The Morgan fingerprint density at radius 1 is 1.10 bits per heavy atom. The molecule has 2 aliphatic heterocycles. The molecule has 0 aromatic heterocycles. The van der Waals surface area contributed by atoms with Gasteiger partial charge in [0.25, 0.3) is 0 Å². The number of nitrogens with zero attached hydrogens (tertiary/aromatic N) is 2. The first kappa shape index (κ1) is 21.7. The minimum absolute atomic E-state index is 0.679. The van der Waals surface area contributed by atoms with E-state index in [0.29, 0.717) is 6.61 Å². The first-order valence-electron chi connectivity index (χ1n) is 9.41. The van der Waals surface area contributed by atoms with Gasteiger partial charge in [-0.3, -0.25) is 4.31 Å². The van der Waals surface area contributed by atoms with Crippen molar-refractivity contribution in [3.05, 3.63) is 76.4 Å². The fourth-order valence-electron chi connectivity index (χ4n) is 2.61. The minimum Gasteiger partial charge on any atom is -0.396 e. The molecule has 4 rings (SSSR count). The summed E-state index contributed by atoms with van der Waals surface area (Å²) in [4.78, 5) is 5.26. The summed E-state index contributed by atoms with van der Waals surface area (Å²) < 4.78 is 2.15. The van der Waals surface area contributed by atoms with Gasteiger partial charge >= 0.3 is 0 Å². The highest BCUT2D eigenvalue weighted by molar-refractivity contribution is 8.75. The van der Waals surface area contributed by atoms with Crippen LogP contribution in [0.2, 0.25) is 5.02 Å². The summed E-state index contributed by atoms with van der Waals surface area (Å²) in [6.07, 6.45) is 7.19. The third-order valence-corrected chi connectivity index (χ3v) is 6.00. The number of rotatable bonds is 3. The van der Waals surface area contributed by atoms with Gasteiger partial charge in [-0.1, -0.05) is 63.7 Å². The van der Waals surface area contributed by atoms with Crippen LogP contribution in [0.3, 0.4) is 0 Å². The van der Waals surface area contributed by atoms with Gasteiger partial charge in [0, 0.05) is 45.3 Å². The lowest BCUT2D eigenvalue weighted by Crippen LogP contribution is -1.98. The zero-order valence-electron chi connectivity index (χ0n) is 16.5. The molecular formula is C23H23ClN2OS2. The second-order valence-corrected chi connectivity index (χ2v) is 9.20. The van der Waals surface area contributed by atoms with Crippen molar-refractivity contribution in [1.29, 1.82) is 0 Å². The molecule has 0 saturated carbocycles. The van der Waals surface area contributed by atoms with Crippen LogP contribution >= 0.6 is 33.4 Å². The number of oxime groups is 1. The summed E-state index contributed by atoms with van der Waals surface area (Å²) in [5, 5.41) is 4.89. The molecule has 2 aromatic carbocycles. The van der Waals surface area contributed by atoms with Crippen molar-refractivity contribution in [2.45, 2.75) is 26.2 Å². The van der Waals surface area contributed by atoms with Crippen LogP contribution in [0, 0.1) is 11.8 Å². The smallest absolute Gasteiger partial charge is 0.117 e. The molecule has 2 heterocycles. The number of benzene rings is 2. The van der Waals surface area contributed by atoms with Gasteiger partial charge in [-0.2, -0.15) is 0 Å². The summed E-state index contributed by atoms with van der Waals surface area (Å²) in [7, 11) is 3.47. The number of hydrogen-bond donors (Lipinski definition) is 0. The van der Waals surface area contributed by atoms with Crippen molar-refractivity contribution >= 4 is 44.8 Å². The van der Waals surface area contributed by atoms with Gasteiger partial charge in [-0.15, -0.1) is 0 Å². The quantitative estimate of drug-likeness (QED) is 0.295. The van der Waals surface area contributed by atoms with E-state index in [4.69, 9.17) is 16.4 Å². The standard InChI is InChI=1S/C14H15NO.C9H8ClNS2/c1-12-14-9-6-8-13(11-14)7-4-2-3-5-10-16-15-12;1-12-13-11-6-9(11)7-2-4-8(10)5-3-7/h6,8-9,11H,2-3,5,10H2,1H3;2-6H,1H3/b15-12+;. The lowest BCUT2D eigenvalue weighted by atomic mass is 10.1. The normalized spacial score (nSPS) is 16.9. The Bertz CT molecular complexity index is 945. The second kappa shape index (κ2) is 11.3. The van der Waals surface area contributed by atoms with Crippen molar-refractivity contribution in [2.75, 3.05) is 12.9 Å². The van der Waals surface area contributed by atoms with E-state index >= 15 is 0 Å². The fourth-order valence-corrected chi connectivity index (χ4v) is 4.08. The summed E-state index contributed by atoms with van der Waals surface area (Å²) in [5.74, 6) is 6.36. The Hall–Kier alpha value is -2.00. The Balaban J connectivity index is 0.000000169. The van der Waals surface area contributed by atoms with Gasteiger partial charge in [-0.05, 0) is 50.3 Å². The molecule has 2 aliphatic rings. The minimum atomic E-state index is 0.679. The van der Waals surface area contributed by atoms with Gasteiger partial charge in [0.2, 0.25) is 0 Å². The Labute approximate surface area is 186 Å². The molecule has 0 aliphatic carbocycles.